The van der Waals surface area contributed by atoms with Crippen LogP contribution >= 0.6 is 0 Å². The molecule has 19 heavy (non-hydrogen) atoms. The molecule has 1 atom stereocenters. The van der Waals surface area contributed by atoms with Crippen molar-refractivity contribution in [2.24, 2.45) is 5.41 Å². The number of nitrogens with one attached hydrogen (secondary N) is 1. The molecule has 0 aromatic carbocycles. The number of anilines is 1. The molecule has 0 aliphatic rings. The molecule has 1 unspecified atom stereocenters. The molecule has 108 valence electrons. The molecule has 0 saturated heterocycles. The maximum absolute atomic E-state index is 13.9. The summed E-state index contributed by atoms with van der Waals surface area (Å²) in [7, 11) is 0. The van der Waals surface area contributed by atoms with Crippen molar-refractivity contribution in [3.8, 4) is 0 Å². The van der Waals surface area contributed by atoms with Crippen molar-refractivity contribution < 1.29 is 9.13 Å². The van der Waals surface area contributed by atoms with Gasteiger partial charge in [0.15, 0.2) is 17.5 Å². The maximum Gasteiger partial charge on any atom is 0.186 e. The van der Waals surface area contributed by atoms with Crippen molar-refractivity contribution >= 4 is 5.82 Å². The van der Waals surface area contributed by atoms with Crippen LogP contribution in [0.25, 0.3) is 0 Å². The zero-order valence-electron chi connectivity index (χ0n) is 12.7. The van der Waals surface area contributed by atoms with Crippen LogP contribution in [0.4, 0.5) is 10.2 Å². The van der Waals surface area contributed by atoms with Gasteiger partial charge in [-0.2, -0.15) is 0 Å². The number of ether oxygens (including phenoxy) is 1. The Bertz CT molecular complexity index is 429. The summed E-state index contributed by atoms with van der Waals surface area (Å²) in [6.45, 7) is 12.8. The van der Waals surface area contributed by atoms with E-state index in [1.54, 1.807) is 6.92 Å². The third-order valence-electron chi connectivity index (χ3n) is 2.73. The van der Waals surface area contributed by atoms with Crippen LogP contribution in [0.1, 0.15) is 52.2 Å². The second-order valence-electron chi connectivity index (χ2n) is 5.56. The van der Waals surface area contributed by atoms with Gasteiger partial charge < -0.3 is 10.1 Å². The Labute approximate surface area is 114 Å². The minimum Gasteiger partial charge on any atom is -0.370 e. The van der Waals surface area contributed by atoms with Crippen molar-refractivity contribution in [3.63, 3.8) is 0 Å². The van der Waals surface area contributed by atoms with E-state index in [2.05, 4.69) is 36.1 Å². The fourth-order valence-electron chi connectivity index (χ4n) is 1.86. The highest BCUT2D eigenvalue weighted by atomic mass is 19.1. The number of aryl methyl sites for hydroxylation is 1. The predicted octanol–water partition coefficient (Wildman–Crippen LogP) is 3.48. The zero-order chi connectivity index (χ0) is 14.6. The van der Waals surface area contributed by atoms with Crippen LogP contribution in [0, 0.1) is 18.2 Å². The molecule has 0 radical (unpaired) electrons. The molecule has 1 aromatic heterocycles. The van der Waals surface area contributed by atoms with Gasteiger partial charge in [-0.3, -0.25) is 0 Å². The van der Waals surface area contributed by atoms with Crippen LogP contribution in [0.15, 0.2) is 0 Å². The molecule has 0 amide bonds. The summed E-state index contributed by atoms with van der Waals surface area (Å²) in [6, 6.07) is 0. The Morgan fingerprint density at radius 2 is 1.89 bits per heavy atom. The molecule has 1 heterocycles. The molecule has 1 N–H and O–H groups in total. The molecular formula is C14H24FN3O. The van der Waals surface area contributed by atoms with Gasteiger partial charge in [0.25, 0.3) is 0 Å². The number of nitrogens with zero attached hydrogens (tertiary/aromatic N) is 2. The van der Waals surface area contributed by atoms with Gasteiger partial charge in [0, 0.05) is 13.2 Å². The molecule has 0 saturated carbocycles. The molecule has 0 aliphatic carbocycles. The first-order valence-corrected chi connectivity index (χ1v) is 6.70. The molecule has 5 heteroatoms. The molecule has 0 bridgehead atoms. The fraction of sp³-hybridized carbons (Fsp3) is 0.714. The topological polar surface area (TPSA) is 47.0 Å². The van der Waals surface area contributed by atoms with E-state index < -0.39 is 5.82 Å². The van der Waals surface area contributed by atoms with Gasteiger partial charge in [-0.05, 0) is 26.2 Å². The number of halogens is 1. The predicted molar refractivity (Wildman–Crippen MR) is 74.7 cm³/mol. The summed E-state index contributed by atoms with van der Waals surface area (Å²) in [5, 5.41) is 2.92. The first-order chi connectivity index (χ1) is 8.81. The quantitative estimate of drug-likeness (QED) is 0.889. The van der Waals surface area contributed by atoms with E-state index in [1.165, 1.54) is 0 Å². The smallest absolute Gasteiger partial charge is 0.186 e. The average molecular weight is 269 g/mol. The van der Waals surface area contributed by atoms with E-state index in [0.29, 0.717) is 24.7 Å². The lowest BCUT2D eigenvalue weighted by molar-refractivity contribution is -0.0192. The summed E-state index contributed by atoms with van der Waals surface area (Å²) in [6.07, 6.45) is -0.255. The minimum absolute atomic E-state index is 0.149. The Morgan fingerprint density at radius 1 is 1.26 bits per heavy atom. The average Bonchev–Trinajstić information content (AvgIpc) is 2.30. The number of aromatic nitrogens is 2. The van der Waals surface area contributed by atoms with Crippen molar-refractivity contribution in [1.82, 2.24) is 9.97 Å². The first kappa shape index (κ1) is 15.8. The molecule has 0 fully saturated rings. The van der Waals surface area contributed by atoms with Gasteiger partial charge in [-0.1, -0.05) is 20.8 Å². The van der Waals surface area contributed by atoms with Gasteiger partial charge in [-0.25, -0.2) is 14.4 Å². The van der Waals surface area contributed by atoms with E-state index >= 15 is 0 Å². The van der Waals surface area contributed by atoms with Crippen molar-refractivity contribution in [2.75, 3.05) is 18.5 Å². The van der Waals surface area contributed by atoms with Gasteiger partial charge in [-0.15, -0.1) is 0 Å². The number of hydrogen-bond acceptors (Lipinski definition) is 4. The van der Waals surface area contributed by atoms with E-state index in [1.807, 2.05) is 13.8 Å². The molecule has 1 aromatic rings. The van der Waals surface area contributed by atoms with E-state index in [9.17, 15) is 4.39 Å². The molecule has 1 rings (SSSR count). The number of rotatable bonds is 5. The monoisotopic (exact) mass is 269 g/mol. The normalized spacial score (nSPS) is 13.4. The van der Waals surface area contributed by atoms with Crippen LogP contribution in [0.2, 0.25) is 0 Å². The van der Waals surface area contributed by atoms with Crippen LogP contribution in [-0.2, 0) is 4.74 Å². The summed E-state index contributed by atoms with van der Waals surface area (Å²) in [5.74, 6) is 0.387. The fourth-order valence-corrected chi connectivity index (χ4v) is 1.86. The van der Waals surface area contributed by atoms with E-state index in [0.717, 1.165) is 0 Å². The molecular weight excluding hydrogens is 245 g/mol. The largest absolute Gasteiger partial charge is 0.370 e. The second kappa shape index (κ2) is 6.28. The molecule has 4 nitrogen and oxygen atoms in total. The highest BCUT2D eigenvalue weighted by Crippen LogP contribution is 2.35. The van der Waals surface area contributed by atoms with Gasteiger partial charge in [0.05, 0.1) is 5.69 Å². The van der Waals surface area contributed by atoms with Gasteiger partial charge >= 0.3 is 0 Å². The highest BCUT2D eigenvalue weighted by Gasteiger charge is 2.30. The van der Waals surface area contributed by atoms with Crippen molar-refractivity contribution in [3.05, 3.63) is 17.3 Å². The zero-order valence-corrected chi connectivity index (χ0v) is 12.7. The lowest BCUT2D eigenvalue weighted by atomic mass is 9.88. The second-order valence-corrected chi connectivity index (χ2v) is 5.56. The first-order valence-electron chi connectivity index (χ1n) is 6.70. The standard InChI is InChI=1S/C14H24FN3O/c1-7-16-12-10(15)9(3)17-13(18-12)11(19-8-2)14(4,5)6/h11H,7-8H2,1-6H3,(H,16,17,18). The third-order valence-corrected chi connectivity index (χ3v) is 2.73. The maximum atomic E-state index is 13.9. The molecule has 0 spiro atoms. The lowest BCUT2D eigenvalue weighted by Gasteiger charge is -2.29. The van der Waals surface area contributed by atoms with Crippen molar-refractivity contribution in [2.45, 2.75) is 47.6 Å². The Kier molecular flexibility index (Phi) is 5.23. The van der Waals surface area contributed by atoms with Crippen LogP contribution in [0.3, 0.4) is 0 Å². The highest BCUT2D eigenvalue weighted by molar-refractivity contribution is 5.38. The summed E-state index contributed by atoms with van der Waals surface area (Å²) < 4.78 is 19.6. The minimum atomic E-state index is -0.394. The van der Waals surface area contributed by atoms with Gasteiger partial charge in [0.2, 0.25) is 0 Å². The Hall–Kier alpha value is -1.23. The third kappa shape index (κ3) is 3.86. The number of hydrogen-bond donors (Lipinski definition) is 1. The van der Waals surface area contributed by atoms with Crippen LogP contribution in [-0.4, -0.2) is 23.1 Å². The van der Waals surface area contributed by atoms with Crippen LogP contribution < -0.4 is 5.32 Å². The van der Waals surface area contributed by atoms with Crippen LogP contribution in [0.5, 0.6) is 0 Å². The lowest BCUT2D eigenvalue weighted by Crippen LogP contribution is -2.24. The van der Waals surface area contributed by atoms with E-state index in [-0.39, 0.29) is 17.3 Å². The summed E-state index contributed by atoms with van der Waals surface area (Å²) in [4.78, 5) is 8.54. The van der Waals surface area contributed by atoms with E-state index in [4.69, 9.17) is 4.74 Å². The SMILES string of the molecule is CCNc1nc(C(OCC)C(C)(C)C)nc(C)c1F. The van der Waals surface area contributed by atoms with Crippen molar-refractivity contribution in [1.29, 1.82) is 0 Å². The summed E-state index contributed by atoms with van der Waals surface area (Å²) in [5.41, 5.74) is 0.193. The molecule has 0 aliphatic heterocycles. The Morgan fingerprint density at radius 3 is 2.37 bits per heavy atom. The van der Waals surface area contributed by atoms with Gasteiger partial charge in [0.1, 0.15) is 6.10 Å². The summed E-state index contributed by atoms with van der Waals surface area (Å²) >= 11 is 0. The Balaban J connectivity index is 3.24.